The van der Waals surface area contributed by atoms with E-state index in [2.05, 4.69) is 25.6 Å². The van der Waals surface area contributed by atoms with Gasteiger partial charge in [-0.15, -0.1) is 35.3 Å². The van der Waals surface area contributed by atoms with Crippen molar-refractivity contribution >= 4 is 52.2 Å². The summed E-state index contributed by atoms with van der Waals surface area (Å²) in [5.74, 6) is 0.536. The molecular formula is C18H23FIN5S. The molecule has 2 aromatic heterocycles. The molecule has 0 bridgehead atoms. The summed E-state index contributed by atoms with van der Waals surface area (Å²) in [5, 5.41) is 8.77. The van der Waals surface area contributed by atoms with Crippen molar-refractivity contribution in [3.8, 4) is 0 Å². The van der Waals surface area contributed by atoms with E-state index in [1.807, 2.05) is 26.1 Å². The summed E-state index contributed by atoms with van der Waals surface area (Å²) in [6.07, 6.45) is 2.76. The van der Waals surface area contributed by atoms with E-state index >= 15 is 0 Å². The average molecular weight is 487 g/mol. The molecule has 0 fully saturated rings. The standard InChI is InChI=1S/C18H22FN5S.HI/c1-11-17(25-12(2)24-11)10-23-18(20-3)21-7-6-13-9-22-16-8-14(19)4-5-15(13)16;/h4-5,8-9,22H,6-7,10H2,1-3H3,(H2,20,21,23);1H. The van der Waals surface area contributed by atoms with Gasteiger partial charge in [-0.05, 0) is 44.0 Å². The number of aryl methyl sites for hydroxylation is 2. The zero-order valence-corrected chi connectivity index (χ0v) is 18.2. The Balaban J connectivity index is 0.00000243. The number of aromatic nitrogens is 2. The number of benzene rings is 1. The van der Waals surface area contributed by atoms with Crippen LogP contribution in [0.1, 0.15) is 21.1 Å². The van der Waals surface area contributed by atoms with Crippen LogP contribution in [0.25, 0.3) is 10.9 Å². The number of thiazole rings is 1. The topological polar surface area (TPSA) is 65.1 Å². The normalized spacial score (nSPS) is 11.5. The summed E-state index contributed by atoms with van der Waals surface area (Å²) in [5.41, 5.74) is 3.05. The third-order valence-electron chi connectivity index (χ3n) is 4.06. The van der Waals surface area contributed by atoms with Crippen molar-refractivity contribution in [1.29, 1.82) is 0 Å². The fraction of sp³-hybridized carbons (Fsp3) is 0.333. The van der Waals surface area contributed by atoms with Crippen molar-refractivity contribution in [1.82, 2.24) is 20.6 Å². The largest absolute Gasteiger partial charge is 0.361 e. The maximum absolute atomic E-state index is 13.2. The monoisotopic (exact) mass is 487 g/mol. The molecule has 8 heteroatoms. The number of H-pyrrole nitrogens is 1. The van der Waals surface area contributed by atoms with Crippen molar-refractivity contribution in [2.24, 2.45) is 4.99 Å². The first kappa shape index (κ1) is 20.6. The van der Waals surface area contributed by atoms with Crippen LogP contribution in [0.2, 0.25) is 0 Å². The Morgan fingerprint density at radius 1 is 1.31 bits per heavy atom. The summed E-state index contributed by atoms with van der Waals surface area (Å²) < 4.78 is 13.2. The lowest BCUT2D eigenvalue weighted by Crippen LogP contribution is -2.37. The first-order chi connectivity index (χ1) is 12.1. The quantitative estimate of drug-likeness (QED) is 0.291. The molecule has 0 unspecified atom stereocenters. The molecule has 5 nitrogen and oxygen atoms in total. The third kappa shape index (κ3) is 4.94. The van der Waals surface area contributed by atoms with Gasteiger partial charge < -0.3 is 15.6 Å². The molecule has 3 aromatic rings. The number of hydrogen-bond donors (Lipinski definition) is 3. The van der Waals surface area contributed by atoms with Gasteiger partial charge >= 0.3 is 0 Å². The SMILES string of the molecule is CN=C(NCCc1c[nH]c2cc(F)ccc12)NCc1sc(C)nc1C.I. The molecule has 0 aliphatic carbocycles. The summed E-state index contributed by atoms with van der Waals surface area (Å²) in [7, 11) is 1.76. The van der Waals surface area contributed by atoms with Gasteiger partial charge in [-0.2, -0.15) is 0 Å². The van der Waals surface area contributed by atoms with Gasteiger partial charge in [0.15, 0.2) is 5.96 Å². The van der Waals surface area contributed by atoms with Crippen molar-refractivity contribution in [3.63, 3.8) is 0 Å². The van der Waals surface area contributed by atoms with Crippen LogP contribution in [-0.4, -0.2) is 29.5 Å². The lowest BCUT2D eigenvalue weighted by Gasteiger charge is -2.11. The van der Waals surface area contributed by atoms with Crippen molar-refractivity contribution in [3.05, 3.63) is 51.4 Å². The van der Waals surface area contributed by atoms with Crippen LogP contribution in [0.5, 0.6) is 0 Å². The first-order valence-electron chi connectivity index (χ1n) is 8.19. The molecule has 1 aromatic carbocycles. The average Bonchev–Trinajstić information content (AvgIpc) is 3.12. The molecule has 2 heterocycles. The molecule has 3 rings (SSSR count). The van der Waals surface area contributed by atoms with Crippen LogP contribution in [-0.2, 0) is 13.0 Å². The minimum Gasteiger partial charge on any atom is -0.361 e. The Bertz CT molecular complexity index is 902. The van der Waals surface area contributed by atoms with Crippen LogP contribution in [0.4, 0.5) is 4.39 Å². The van der Waals surface area contributed by atoms with E-state index in [1.54, 1.807) is 18.4 Å². The second-order valence-corrected chi connectivity index (χ2v) is 7.14. The van der Waals surface area contributed by atoms with Crippen molar-refractivity contribution < 1.29 is 4.39 Å². The Kier molecular flexibility index (Phi) is 7.39. The lowest BCUT2D eigenvalue weighted by atomic mass is 10.1. The van der Waals surface area contributed by atoms with Gasteiger partial charge in [-0.1, -0.05) is 0 Å². The minimum absolute atomic E-state index is 0. The highest BCUT2D eigenvalue weighted by molar-refractivity contribution is 14.0. The summed E-state index contributed by atoms with van der Waals surface area (Å²) in [4.78, 5) is 13.0. The zero-order chi connectivity index (χ0) is 17.8. The Morgan fingerprint density at radius 3 is 2.81 bits per heavy atom. The maximum atomic E-state index is 13.2. The molecule has 0 saturated carbocycles. The number of nitrogens with zero attached hydrogens (tertiary/aromatic N) is 2. The van der Waals surface area contributed by atoms with E-state index in [9.17, 15) is 4.39 Å². The minimum atomic E-state index is -0.225. The van der Waals surface area contributed by atoms with Crippen molar-refractivity contribution in [2.45, 2.75) is 26.8 Å². The molecule has 0 atom stereocenters. The second-order valence-electron chi connectivity index (χ2n) is 5.85. The van der Waals surface area contributed by atoms with Crippen molar-refractivity contribution in [2.75, 3.05) is 13.6 Å². The van der Waals surface area contributed by atoms with Crippen LogP contribution in [0.15, 0.2) is 29.4 Å². The van der Waals surface area contributed by atoms with Gasteiger partial charge in [0.25, 0.3) is 0 Å². The molecule has 0 aliphatic heterocycles. The van der Waals surface area contributed by atoms with E-state index in [0.717, 1.165) is 46.1 Å². The first-order valence-corrected chi connectivity index (χ1v) is 9.01. The lowest BCUT2D eigenvalue weighted by molar-refractivity contribution is 0.629. The highest BCUT2D eigenvalue weighted by Gasteiger charge is 2.07. The molecule has 26 heavy (non-hydrogen) atoms. The number of halogens is 2. The Morgan fingerprint density at radius 2 is 2.12 bits per heavy atom. The number of fused-ring (bicyclic) bond motifs is 1. The number of aromatic amines is 1. The molecule has 0 spiro atoms. The fourth-order valence-corrected chi connectivity index (χ4v) is 3.68. The molecule has 3 N–H and O–H groups in total. The predicted molar refractivity (Wildman–Crippen MR) is 117 cm³/mol. The van der Waals surface area contributed by atoms with E-state index < -0.39 is 0 Å². The van der Waals surface area contributed by atoms with Gasteiger partial charge in [0.05, 0.1) is 17.2 Å². The van der Waals surface area contributed by atoms with Gasteiger partial charge in [0.2, 0.25) is 0 Å². The van der Waals surface area contributed by atoms with Crippen LogP contribution >= 0.6 is 35.3 Å². The molecule has 140 valence electrons. The molecule has 0 saturated heterocycles. The van der Waals surface area contributed by atoms with E-state index in [0.29, 0.717) is 6.54 Å². The van der Waals surface area contributed by atoms with Crippen LogP contribution in [0.3, 0.4) is 0 Å². The van der Waals surface area contributed by atoms with E-state index in [4.69, 9.17) is 0 Å². The Labute approximate surface area is 173 Å². The molecule has 0 radical (unpaired) electrons. The summed E-state index contributed by atoms with van der Waals surface area (Å²) in [6.45, 7) is 5.49. The van der Waals surface area contributed by atoms with E-state index in [-0.39, 0.29) is 29.8 Å². The van der Waals surface area contributed by atoms with Crippen LogP contribution in [0, 0.1) is 19.7 Å². The third-order valence-corrected chi connectivity index (χ3v) is 5.13. The van der Waals surface area contributed by atoms with Gasteiger partial charge in [0.1, 0.15) is 5.82 Å². The van der Waals surface area contributed by atoms with Crippen LogP contribution < -0.4 is 10.6 Å². The Hall–Kier alpha value is -1.68. The number of aliphatic imine (C=N–C) groups is 1. The summed E-state index contributed by atoms with van der Waals surface area (Å²) in [6, 6.07) is 4.83. The number of guanidine groups is 1. The van der Waals surface area contributed by atoms with Gasteiger partial charge in [0, 0.05) is 35.6 Å². The summed E-state index contributed by atoms with van der Waals surface area (Å²) >= 11 is 1.70. The highest BCUT2D eigenvalue weighted by atomic mass is 127. The smallest absolute Gasteiger partial charge is 0.191 e. The fourth-order valence-electron chi connectivity index (χ4n) is 2.80. The molecule has 0 aliphatic rings. The molecular weight excluding hydrogens is 464 g/mol. The molecule has 0 amide bonds. The maximum Gasteiger partial charge on any atom is 0.191 e. The van der Waals surface area contributed by atoms with Gasteiger partial charge in [-0.25, -0.2) is 9.37 Å². The second kappa shape index (κ2) is 9.31. The zero-order valence-electron chi connectivity index (χ0n) is 15.0. The number of nitrogens with one attached hydrogen (secondary N) is 3. The predicted octanol–water partition coefficient (Wildman–Crippen LogP) is 3.91. The van der Waals surface area contributed by atoms with Gasteiger partial charge in [-0.3, -0.25) is 4.99 Å². The number of hydrogen-bond acceptors (Lipinski definition) is 3. The highest BCUT2D eigenvalue weighted by Crippen LogP contribution is 2.19. The van der Waals surface area contributed by atoms with E-state index in [1.165, 1.54) is 17.0 Å². The number of rotatable bonds is 5.